The van der Waals surface area contributed by atoms with Crippen LogP contribution in [0.2, 0.25) is 5.02 Å². The van der Waals surface area contributed by atoms with Crippen molar-refractivity contribution in [3.05, 3.63) is 63.2 Å². The Morgan fingerprint density at radius 2 is 2.09 bits per heavy atom. The molecule has 0 aliphatic carbocycles. The van der Waals surface area contributed by atoms with Crippen LogP contribution in [-0.4, -0.2) is 25.7 Å². The van der Waals surface area contributed by atoms with E-state index >= 15 is 0 Å². The highest BCUT2D eigenvalue weighted by Gasteiger charge is 2.14. The van der Waals surface area contributed by atoms with Gasteiger partial charge in [-0.3, -0.25) is 9.89 Å². The van der Waals surface area contributed by atoms with Gasteiger partial charge in [0.25, 0.3) is 5.56 Å². The van der Waals surface area contributed by atoms with Crippen molar-refractivity contribution in [1.82, 2.24) is 14.6 Å². The van der Waals surface area contributed by atoms with Crippen molar-refractivity contribution < 1.29 is 9.90 Å². The molecule has 22 heavy (non-hydrogen) atoms. The van der Waals surface area contributed by atoms with E-state index in [1.807, 2.05) is 12.1 Å². The van der Waals surface area contributed by atoms with Gasteiger partial charge in [-0.2, -0.15) is 0 Å². The molecule has 0 amide bonds. The Hall–Kier alpha value is -2.25. The highest BCUT2D eigenvalue weighted by Crippen LogP contribution is 2.23. The second-order valence-corrected chi connectivity index (χ2v) is 5.96. The third kappa shape index (κ3) is 2.86. The number of nitrogens with one attached hydrogen (secondary N) is 1. The maximum absolute atomic E-state index is 12.0. The Kier molecular flexibility index (Phi) is 3.91. The number of aromatic carboxylic acids is 1. The van der Waals surface area contributed by atoms with Gasteiger partial charge >= 0.3 is 5.97 Å². The second kappa shape index (κ2) is 5.86. The van der Waals surface area contributed by atoms with Gasteiger partial charge in [0.1, 0.15) is 5.56 Å². The maximum atomic E-state index is 12.0. The lowest BCUT2D eigenvalue weighted by Gasteiger charge is -2.02. The molecule has 8 heteroatoms. The molecule has 0 aliphatic rings. The summed E-state index contributed by atoms with van der Waals surface area (Å²) in [4.78, 5) is 28.3. The number of carboxylic acids is 1. The van der Waals surface area contributed by atoms with Gasteiger partial charge < -0.3 is 5.11 Å². The van der Waals surface area contributed by atoms with Crippen LogP contribution >= 0.6 is 23.4 Å². The van der Waals surface area contributed by atoms with E-state index in [-0.39, 0.29) is 16.8 Å². The zero-order valence-electron chi connectivity index (χ0n) is 11.1. The van der Waals surface area contributed by atoms with E-state index in [9.17, 15) is 9.59 Å². The summed E-state index contributed by atoms with van der Waals surface area (Å²) in [5.41, 5.74) is 0.262. The molecule has 112 valence electrons. The van der Waals surface area contributed by atoms with E-state index in [4.69, 9.17) is 16.7 Å². The third-order valence-corrected chi connectivity index (χ3v) is 4.28. The molecule has 0 radical (unpaired) electrons. The molecule has 0 saturated carbocycles. The van der Waals surface area contributed by atoms with E-state index < -0.39 is 5.97 Å². The molecule has 0 fully saturated rings. The third-order valence-electron chi connectivity index (χ3n) is 2.98. The van der Waals surface area contributed by atoms with Gasteiger partial charge in [-0.25, -0.2) is 14.3 Å². The van der Waals surface area contributed by atoms with Crippen LogP contribution in [0.3, 0.4) is 0 Å². The summed E-state index contributed by atoms with van der Waals surface area (Å²) >= 11 is 7.31. The number of aromatic nitrogens is 3. The topological polar surface area (TPSA) is 87.5 Å². The molecular formula is C14H10ClN3O3S. The van der Waals surface area contributed by atoms with Crippen molar-refractivity contribution in [3.8, 4) is 0 Å². The summed E-state index contributed by atoms with van der Waals surface area (Å²) in [5.74, 6) is -0.675. The Morgan fingerprint density at radius 1 is 1.36 bits per heavy atom. The number of hydrogen-bond donors (Lipinski definition) is 2. The number of rotatable bonds is 4. The van der Waals surface area contributed by atoms with Crippen LogP contribution < -0.4 is 5.56 Å². The molecule has 3 rings (SSSR count). The molecule has 6 nitrogen and oxygen atoms in total. The average Bonchev–Trinajstić information content (AvgIpc) is 2.91. The standard InChI is InChI=1S/C14H10ClN3O3S/c15-8-1-3-10(4-2-8)22-7-9-5-12(19)18-13(17-9)11(6-16-18)14(20)21/h1-6,16H,7H2,(H,20,21). The lowest BCUT2D eigenvalue weighted by Crippen LogP contribution is -2.16. The lowest BCUT2D eigenvalue weighted by molar-refractivity contribution is 0.0699. The summed E-state index contributed by atoms with van der Waals surface area (Å²) in [6.07, 6.45) is 1.25. The number of halogens is 1. The number of thioether (sulfide) groups is 1. The van der Waals surface area contributed by atoms with Crippen LogP contribution in [-0.2, 0) is 5.75 Å². The van der Waals surface area contributed by atoms with E-state index in [2.05, 4.69) is 10.1 Å². The zero-order valence-corrected chi connectivity index (χ0v) is 12.7. The molecule has 2 N–H and O–H groups in total. The highest BCUT2D eigenvalue weighted by molar-refractivity contribution is 7.98. The van der Waals surface area contributed by atoms with Crippen molar-refractivity contribution >= 4 is 35.0 Å². The maximum Gasteiger partial charge on any atom is 0.341 e. The summed E-state index contributed by atoms with van der Waals surface area (Å²) in [6, 6.07) is 8.70. The predicted molar refractivity (Wildman–Crippen MR) is 83.8 cm³/mol. The van der Waals surface area contributed by atoms with E-state index in [0.29, 0.717) is 16.5 Å². The van der Waals surface area contributed by atoms with Crippen molar-refractivity contribution in [2.45, 2.75) is 10.6 Å². The van der Waals surface area contributed by atoms with Gasteiger partial charge in [-0.05, 0) is 24.3 Å². The molecule has 0 unspecified atom stereocenters. The fourth-order valence-corrected chi connectivity index (χ4v) is 2.87. The lowest BCUT2D eigenvalue weighted by atomic mass is 10.3. The van der Waals surface area contributed by atoms with Gasteiger partial charge in [0.2, 0.25) is 0 Å². The zero-order chi connectivity index (χ0) is 15.7. The Morgan fingerprint density at radius 3 is 2.77 bits per heavy atom. The molecule has 0 saturated heterocycles. The first kappa shape index (κ1) is 14.7. The van der Waals surface area contributed by atoms with Crippen LogP contribution in [0.15, 0.2) is 46.2 Å². The normalized spacial score (nSPS) is 11.0. The van der Waals surface area contributed by atoms with Crippen LogP contribution in [0, 0.1) is 0 Å². The van der Waals surface area contributed by atoms with Crippen LogP contribution in [0.1, 0.15) is 16.1 Å². The number of carboxylic acid groups (broad SMARTS) is 1. The molecule has 0 aliphatic heterocycles. The van der Waals surface area contributed by atoms with Crippen LogP contribution in [0.25, 0.3) is 5.65 Å². The minimum absolute atomic E-state index is 0.0320. The average molecular weight is 336 g/mol. The molecule has 0 bridgehead atoms. The first-order valence-electron chi connectivity index (χ1n) is 6.26. The number of benzene rings is 1. The predicted octanol–water partition coefficient (Wildman–Crippen LogP) is 2.67. The van der Waals surface area contributed by atoms with Crippen molar-refractivity contribution in [2.24, 2.45) is 0 Å². The first-order chi connectivity index (χ1) is 10.5. The SMILES string of the molecule is O=C(O)c1c[nH]n2c(=O)cc(CSc3ccc(Cl)cc3)nc12. The van der Waals surface area contributed by atoms with Gasteiger partial charge in [0.15, 0.2) is 5.65 Å². The second-order valence-electron chi connectivity index (χ2n) is 4.48. The summed E-state index contributed by atoms with van der Waals surface area (Å²) in [5, 5.41) is 12.3. The van der Waals surface area contributed by atoms with Crippen molar-refractivity contribution in [1.29, 1.82) is 0 Å². The number of fused-ring (bicyclic) bond motifs is 1. The quantitative estimate of drug-likeness (QED) is 0.716. The summed E-state index contributed by atoms with van der Waals surface area (Å²) < 4.78 is 1.11. The fourth-order valence-electron chi connectivity index (χ4n) is 1.95. The van der Waals surface area contributed by atoms with Crippen LogP contribution in [0.4, 0.5) is 0 Å². The Bertz CT molecular complexity index is 902. The summed E-state index contributed by atoms with van der Waals surface area (Å²) in [6.45, 7) is 0. The summed E-state index contributed by atoms with van der Waals surface area (Å²) in [7, 11) is 0. The fraction of sp³-hybridized carbons (Fsp3) is 0.0714. The molecule has 1 aromatic carbocycles. The van der Waals surface area contributed by atoms with Gasteiger partial charge in [0, 0.05) is 27.9 Å². The van der Waals surface area contributed by atoms with Gasteiger partial charge in [-0.1, -0.05) is 11.6 Å². The molecule has 0 spiro atoms. The van der Waals surface area contributed by atoms with E-state index in [1.54, 1.807) is 12.1 Å². The smallest absolute Gasteiger partial charge is 0.341 e. The largest absolute Gasteiger partial charge is 0.477 e. The molecule has 3 aromatic rings. The number of carbonyl (C=O) groups is 1. The number of nitrogens with zero attached hydrogens (tertiary/aromatic N) is 2. The Labute approximate surface area is 133 Å². The number of H-pyrrole nitrogens is 1. The minimum atomic E-state index is -1.13. The Balaban J connectivity index is 1.90. The van der Waals surface area contributed by atoms with Crippen molar-refractivity contribution in [3.63, 3.8) is 0 Å². The minimum Gasteiger partial charge on any atom is -0.477 e. The molecular weight excluding hydrogens is 326 g/mol. The van der Waals surface area contributed by atoms with Crippen molar-refractivity contribution in [2.75, 3.05) is 0 Å². The van der Waals surface area contributed by atoms with Gasteiger partial charge in [-0.15, -0.1) is 11.8 Å². The monoisotopic (exact) mass is 335 g/mol. The van der Waals surface area contributed by atoms with Gasteiger partial charge in [0.05, 0.1) is 5.69 Å². The van der Waals surface area contributed by atoms with Crippen LogP contribution in [0.5, 0.6) is 0 Å². The number of hydrogen-bond acceptors (Lipinski definition) is 4. The van der Waals surface area contributed by atoms with E-state index in [0.717, 1.165) is 9.41 Å². The first-order valence-corrected chi connectivity index (χ1v) is 7.62. The molecule has 0 atom stereocenters. The highest BCUT2D eigenvalue weighted by atomic mass is 35.5. The molecule has 2 aromatic heterocycles. The van der Waals surface area contributed by atoms with E-state index in [1.165, 1.54) is 24.0 Å². The molecule has 2 heterocycles. The number of aromatic amines is 1.